The average Bonchev–Trinajstić information content (AvgIpc) is 2.60. The number of hydrogen-bond acceptors (Lipinski definition) is 4. The highest BCUT2D eigenvalue weighted by atomic mass is 16.6. The number of hydrogen-bond donors (Lipinski definition) is 0. The van der Waals surface area contributed by atoms with Crippen LogP contribution >= 0.6 is 0 Å². The summed E-state index contributed by atoms with van der Waals surface area (Å²) in [5.41, 5.74) is 0.865. The molecule has 1 heterocycles. The molecule has 2 rings (SSSR count). The largest absolute Gasteiger partial charge is 0.497 e. The van der Waals surface area contributed by atoms with Gasteiger partial charge < -0.3 is 14.2 Å². The van der Waals surface area contributed by atoms with Crippen molar-refractivity contribution >= 4 is 5.97 Å². The van der Waals surface area contributed by atoms with E-state index in [1.807, 2.05) is 18.2 Å². The quantitative estimate of drug-likeness (QED) is 0.694. The zero-order valence-corrected chi connectivity index (χ0v) is 8.65. The molecule has 1 unspecified atom stereocenters. The normalized spacial score (nSPS) is 17.9. The summed E-state index contributed by atoms with van der Waals surface area (Å²) < 4.78 is 15.6. The van der Waals surface area contributed by atoms with E-state index in [0.29, 0.717) is 6.61 Å². The Morgan fingerprint density at radius 3 is 3.00 bits per heavy atom. The summed E-state index contributed by atoms with van der Waals surface area (Å²) >= 11 is 0. The van der Waals surface area contributed by atoms with Crippen molar-refractivity contribution in [2.45, 2.75) is 13.0 Å². The van der Waals surface area contributed by atoms with Gasteiger partial charge in [0.25, 0.3) is 0 Å². The van der Waals surface area contributed by atoms with Gasteiger partial charge in [-0.15, -0.1) is 0 Å². The van der Waals surface area contributed by atoms with E-state index in [4.69, 9.17) is 14.2 Å². The molecule has 1 aromatic carbocycles. The number of ether oxygens (including phenoxy) is 3. The maximum absolute atomic E-state index is 10.9. The Morgan fingerprint density at radius 1 is 1.53 bits per heavy atom. The minimum atomic E-state index is -0.312. The lowest BCUT2D eigenvalue weighted by Crippen LogP contribution is -2.09. The molecule has 1 aromatic rings. The van der Waals surface area contributed by atoms with Crippen LogP contribution in [0.1, 0.15) is 18.6 Å². The highest BCUT2D eigenvalue weighted by Crippen LogP contribution is 2.36. The first-order chi connectivity index (χ1) is 7.20. The number of carbonyl (C=O) groups is 1. The highest BCUT2D eigenvalue weighted by Gasteiger charge is 2.27. The van der Waals surface area contributed by atoms with Gasteiger partial charge in [0, 0.05) is 12.5 Å². The molecule has 4 nitrogen and oxygen atoms in total. The molecule has 0 bridgehead atoms. The minimum absolute atomic E-state index is 0.306. The maximum atomic E-state index is 10.9. The summed E-state index contributed by atoms with van der Waals surface area (Å²) in [5, 5.41) is 0. The topological polar surface area (TPSA) is 44.8 Å². The van der Waals surface area contributed by atoms with Crippen LogP contribution in [0.3, 0.4) is 0 Å². The van der Waals surface area contributed by atoms with Crippen LogP contribution in [0.2, 0.25) is 0 Å². The maximum Gasteiger partial charge on any atom is 0.303 e. The first-order valence-corrected chi connectivity index (χ1v) is 4.68. The predicted molar refractivity (Wildman–Crippen MR) is 53.0 cm³/mol. The van der Waals surface area contributed by atoms with Gasteiger partial charge in [0.2, 0.25) is 0 Å². The van der Waals surface area contributed by atoms with Gasteiger partial charge in [0.15, 0.2) is 6.10 Å². The Kier molecular flexibility index (Phi) is 2.49. The van der Waals surface area contributed by atoms with Gasteiger partial charge in [-0.1, -0.05) is 0 Å². The van der Waals surface area contributed by atoms with Crippen molar-refractivity contribution in [3.8, 4) is 11.5 Å². The van der Waals surface area contributed by atoms with Crippen molar-refractivity contribution in [1.82, 2.24) is 0 Å². The van der Waals surface area contributed by atoms with E-state index in [1.54, 1.807) is 7.11 Å². The summed E-state index contributed by atoms with van der Waals surface area (Å²) in [6.07, 6.45) is -0.312. The molecular weight excluding hydrogens is 196 g/mol. The number of esters is 1. The lowest BCUT2D eigenvalue weighted by Gasteiger charge is -2.09. The zero-order chi connectivity index (χ0) is 10.8. The van der Waals surface area contributed by atoms with Crippen LogP contribution in [0.4, 0.5) is 0 Å². The van der Waals surface area contributed by atoms with E-state index in [9.17, 15) is 4.79 Å². The second-order valence-corrected chi connectivity index (χ2v) is 3.31. The molecule has 1 aliphatic heterocycles. The summed E-state index contributed by atoms with van der Waals surface area (Å²) in [7, 11) is 1.60. The lowest BCUT2D eigenvalue weighted by molar-refractivity contribution is -0.147. The fraction of sp³-hybridized carbons (Fsp3) is 0.364. The molecule has 4 heteroatoms. The van der Waals surface area contributed by atoms with E-state index in [0.717, 1.165) is 17.1 Å². The third kappa shape index (κ3) is 1.88. The smallest absolute Gasteiger partial charge is 0.303 e. The molecule has 0 saturated carbocycles. The molecule has 15 heavy (non-hydrogen) atoms. The Hall–Kier alpha value is -1.71. The SMILES string of the molecule is COc1ccc2c(c1)C(OC(C)=O)CO2. The Morgan fingerprint density at radius 2 is 2.33 bits per heavy atom. The molecule has 1 aliphatic rings. The molecular formula is C11H12O4. The number of methoxy groups -OCH3 is 1. The minimum Gasteiger partial charge on any atom is -0.497 e. The molecule has 0 spiro atoms. The first kappa shape index (κ1) is 9.83. The van der Waals surface area contributed by atoms with Crippen LogP contribution in [0.15, 0.2) is 18.2 Å². The molecule has 0 aromatic heterocycles. The second kappa shape index (κ2) is 3.81. The van der Waals surface area contributed by atoms with Crippen LogP contribution in [0.25, 0.3) is 0 Å². The number of benzene rings is 1. The van der Waals surface area contributed by atoms with E-state index in [2.05, 4.69) is 0 Å². The number of carbonyl (C=O) groups excluding carboxylic acids is 1. The van der Waals surface area contributed by atoms with E-state index in [1.165, 1.54) is 6.92 Å². The molecule has 0 radical (unpaired) electrons. The molecule has 0 amide bonds. The molecule has 0 N–H and O–H groups in total. The fourth-order valence-corrected chi connectivity index (χ4v) is 1.59. The number of fused-ring (bicyclic) bond motifs is 1. The summed E-state index contributed by atoms with van der Waals surface area (Å²) in [4.78, 5) is 10.9. The Bertz CT molecular complexity index is 386. The van der Waals surface area contributed by atoms with Gasteiger partial charge in [-0.3, -0.25) is 4.79 Å². The summed E-state index contributed by atoms with van der Waals surface area (Å²) in [6.45, 7) is 1.76. The van der Waals surface area contributed by atoms with Crippen molar-refractivity contribution in [2.75, 3.05) is 13.7 Å². The molecule has 80 valence electrons. The van der Waals surface area contributed by atoms with E-state index in [-0.39, 0.29) is 12.1 Å². The fourth-order valence-electron chi connectivity index (χ4n) is 1.59. The molecule has 1 atom stereocenters. The van der Waals surface area contributed by atoms with Crippen LogP contribution < -0.4 is 9.47 Å². The van der Waals surface area contributed by atoms with Crippen molar-refractivity contribution in [3.63, 3.8) is 0 Å². The molecule has 0 saturated heterocycles. The van der Waals surface area contributed by atoms with Gasteiger partial charge in [0.05, 0.1) is 7.11 Å². The van der Waals surface area contributed by atoms with E-state index >= 15 is 0 Å². The average molecular weight is 208 g/mol. The van der Waals surface area contributed by atoms with Crippen LogP contribution in [-0.2, 0) is 9.53 Å². The van der Waals surface area contributed by atoms with Gasteiger partial charge in [0.1, 0.15) is 18.1 Å². The summed E-state index contributed by atoms with van der Waals surface area (Å²) in [6, 6.07) is 5.46. The van der Waals surface area contributed by atoms with Crippen LogP contribution in [0, 0.1) is 0 Å². The Balaban J connectivity index is 2.27. The predicted octanol–water partition coefficient (Wildman–Crippen LogP) is 1.69. The van der Waals surface area contributed by atoms with Crippen molar-refractivity contribution < 1.29 is 19.0 Å². The standard InChI is InChI=1S/C11H12O4/c1-7(12)15-11-6-14-10-4-3-8(13-2)5-9(10)11/h3-5,11H,6H2,1-2H3. The van der Waals surface area contributed by atoms with Crippen LogP contribution in [-0.4, -0.2) is 19.7 Å². The molecule has 0 fully saturated rings. The van der Waals surface area contributed by atoms with Crippen molar-refractivity contribution in [2.24, 2.45) is 0 Å². The molecule has 0 aliphatic carbocycles. The van der Waals surface area contributed by atoms with Gasteiger partial charge in [-0.05, 0) is 18.2 Å². The monoisotopic (exact) mass is 208 g/mol. The third-order valence-corrected chi connectivity index (χ3v) is 2.26. The van der Waals surface area contributed by atoms with Gasteiger partial charge >= 0.3 is 5.97 Å². The third-order valence-electron chi connectivity index (χ3n) is 2.26. The second-order valence-electron chi connectivity index (χ2n) is 3.31. The highest BCUT2D eigenvalue weighted by molar-refractivity contribution is 5.66. The van der Waals surface area contributed by atoms with Crippen molar-refractivity contribution in [3.05, 3.63) is 23.8 Å². The Labute approximate surface area is 87.8 Å². The first-order valence-electron chi connectivity index (χ1n) is 4.68. The number of rotatable bonds is 2. The van der Waals surface area contributed by atoms with Gasteiger partial charge in [-0.25, -0.2) is 0 Å². The zero-order valence-electron chi connectivity index (χ0n) is 8.65. The van der Waals surface area contributed by atoms with E-state index < -0.39 is 0 Å². The lowest BCUT2D eigenvalue weighted by atomic mass is 10.1. The summed E-state index contributed by atoms with van der Waals surface area (Å²) in [5.74, 6) is 1.18. The van der Waals surface area contributed by atoms with Crippen LogP contribution in [0.5, 0.6) is 11.5 Å². The van der Waals surface area contributed by atoms with Gasteiger partial charge in [-0.2, -0.15) is 0 Å². The van der Waals surface area contributed by atoms with Crippen molar-refractivity contribution in [1.29, 1.82) is 0 Å².